The number of aryl methyl sites for hydroxylation is 1. The van der Waals surface area contributed by atoms with Crippen LogP contribution in [0.25, 0.3) is 11.1 Å². The Morgan fingerprint density at radius 2 is 1.46 bits per heavy atom. The SMILES string of the molecule is Cc1ccc(C(N[C@@H](CCCCNC(=O)OCC2c3ccccc3-c3ccccc32)C(=O)N2CCSC2)(c2ccccc2)c2ccccc2Cl)cc1. The molecule has 52 heavy (non-hydrogen) atoms. The van der Waals surface area contributed by atoms with Gasteiger partial charge >= 0.3 is 6.09 Å². The van der Waals surface area contributed by atoms with Gasteiger partial charge in [-0.15, -0.1) is 11.8 Å². The highest BCUT2D eigenvalue weighted by atomic mass is 35.5. The first-order valence-corrected chi connectivity index (χ1v) is 19.6. The number of unbranched alkanes of at least 4 members (excludes halogenated alkanes) is 1. The van der Waals surface area contributed by atoms with Gasteiger partial charge in [0.05, 0.1) is 17.5 Å². The van der Waals surface area contributed by atoms with E-state index in [1.54, 1.807) is 11.8 Å². The molecule has 1 unspecified atom stereocenters. The molecule has 0 saturated carbocycles. The van der Waals surface area contributed by atoms with E-state index < -0.39 is 17.7 Å². The molecule has 1 fully saturated rings. The van der Waals surface area contributed by atoms with Crippen LogP contribution in [0.15, 0.2) is 127 Å². The smallest absolute Gasteiger partial charge is 0.407 e. The molecule has 5 aromatic rings. The van der Waals surface area contributed by atoms with Gasteiger partial charge in [0, 0.05) is 29.8 Å². The van der Waals surface area contributed by atoms with Crippen molar-refractivity contribution in [1.29, 1.82) is 0 Å². The van der Waals surface area contributed by atoms with Crippen LogP contribution >= 0.6 is 23.4 Å². The van der Waals surface area contributed by atoms with E-state index in [0.29, 0.717) is 30.3 Å². The first-order valence-electron chi connectivity index (χ1n) is 18.1. The number of nitrogens with zero attached hydrogens (tertiary/aromatic N) is 1. The molecule has 1 aliphatic heterocycles. The van der Waals surface area contributed by atoms with Gasteiger partial charge in [0.2, 0.25) is 5.91 Å². The van der Waals surface area contributed by atoms with Crippen molar-refractivity contribution in [2.24, 2.45) is 0 Å². The van der Waals surface area contributed by atoms with E-state index in [1.165, 1.54) is 22.3 Å². The molecule has 0 aromatic heterocycles. The van der Waals surface area contributed by atoms with Crippen LogP contribution in [0.3, 0.4) is 0 Å². The molecule has 1 heterocycles. The number of hydrogen-bond acceptors (Lipinski definition) is 5. The lowest BCUT2D eigenvalue weighted by Gasteiger charge is -2.41. The van der Waals surface area contributed by atoms with Gasteiger partial charge in [-0.3, -0.25) is 10.1 Å². The number of fused-ring (bicyclic) bond motifs is 3. The summed E-state index contributed by atoms with van der Waals surface area (Å²) in [6.07, 6.45) is 1.56. The van der Waals surface area contributed by atoms with Crippen LogP contribution < -0.4 is 10.6 Å². The van der Waals surface area contributed by atoms with Crippen LogP contribution in [0.5, 0.6) is 0 Å². The molecule has 0 radical (unpaired) electrons. The van der Waals surface area contributed by atoms with Crippen LogP contribution in [-0.2, 0) is 15.1 Å². The van der Waals surface area contributed by atoms with Crippen LogP contribution in [0.2, 0.25) is 5.02 Å². The molecule has 6 nitrogen and oxygen atoms in total. The van der Waals surface area contributed by atoms with Gasteiger partial charge in [0.1, 0.15) is 6.61 Å². The van der Waals surface area contributed by atoms with Gasteiger partial charge in [-0.2, -0.15) is 0 Å². The van der Waals surface area contributed by atoms with Crippen LogP contribution in [0.4, 0.5) is 4.79 Å². The van der Waals surface area contributed by atoms with Crippen molar-refractivity contribution in [3.05, 3.63) is 166 Å². The molecular weight excluding hydrogens is 686 g/mol. The Kier molecular flexibility index (Phi) is 11.3. The summed E-state index contributed by atoms with van der Waals surface area (Å²) in [7, 11) is 0. The minimum absolute atomic E-state index is 0.0104. The first-order chi connectivity index (χ1) is 25.5. The fourth-order valence-electron chi connectivity index (χ4n) is 7.62. The third kappa shape index (κ3) is 7.49. The fraction of sp³-hybridized carbons (Fsp3) is 0.273. The first kappa shape index (κ1) is 35.8. The predicted molar refractivity (Wildman–Crippen MR) is 212 cm³/mol. The molecule has 266 valence electrons. The highest BCUT2D eigenvalue weighted by Gasteiger charge is 2.42. The second kappa shape index (κ2) is 16.4. The summed E-state index contributed by atoms with van der Waals surface area (Å²) in [4.78, 5) is 29.2. The lowest BCUT2D eigenvalue weighted by Crippen LogP contribution is -2.55. The molecule has 2 atom stereocenters. The number of hydrogen-bond donors (Lipinski definition) is 2. The average Bonchev–Trinajstić information content (AvgIpc) is 3.83. The van der Waals surface area contributed by atoms with Gasteiger partial charge < -0.3 is 15.0 Å². The van der Waals surface area contributed by atoms with E-state index in [4.69, 9.17) is 16.3 Å². The van der Waals surface area contributed by atoms with E-state index in [0.717, 1.165) is 41.0 Å². The number of nitrogens with one attached hydrogen (secondary N) is 2. The quantitative estimate of drug-likeness (QED) is 0.0935. The molecule has 8 heteroatoms. The molecule has 0 spiro atoms. The summed E-state index contributed by atoms with van der Waals surface area (Å²) in [5.74, 6) is 1.69. The lowest BCUT2D eigenvalue weighted by molar-refractivity contribution is -0.132. The zero-order valence-electron chi connectivity index (χ0n) is 29.4. The van der Waals surface area contributed by atoms with Crippen molar-refractivity contribution in [1.82, 2.24) is 15.5 Å². The minimum atomic E-state index is -0.903. The van der Waals surface area contributed by atoms with Crippen LogP contribution in [0, 0.1) is 6.92 Å². The summed E-state index contributed by atoms with van der Waals surface area (Å²) in [5.41, 5.74) is 7.90. The van der Waals surface area contributed by atoms with Crippen molar-refractivity contribution in [3.63, 3.8) is 0 Å². The van der Waals surface area contributed by atoms with Gasteiger partial charge in [0.25, 0.3) is 0 Å². The highest BCUT2D eigenvalue weighted by molar-refractivity contribution is 7.99. The van der Waals surface area contributed by atoms with E-state index in [1.807, 2.05) is 71.6 Å². The second-order valence-corrected chi connectivity index (χ2v) is 15.0. The summed E-state index contributed by atoms with van der Waals surface area (Å²) < 4.78 is 5.77. The maximum absolute atomic E-state index is 14.3. The lowest BCUT2D eigenvalue weighted by atomic mass is 9.76. The van der Waals surface area contributed by atoms with Crippen molar-refractivity contribution < 1.29 is 14.3 Å². The molecule has 0 bridgehead atoms. The maximum Gasteiger partial charge on any atom is 0.407 e. The molecule has 2 N–H and O–H groups in total. The Labute approximate surface area is 315 Å². The summed E-state index contributed by atoms with van der Waals surface area (Å²) in [6.45, 7) is 3.52. The number of carbonyl (C=O) groups is 2. The standard InChI is InChI=1S/C44H44ClN3O3S/c1-31-22-24-33(25-23-31)44(32-13-3-2-4-14-32,39-19-9-10-20-40(39)45)47-41(42(49)48-27-28-52-30-48)21-11-12-26-46-43(50)51-29-38-36-17-7-5-15-34(36)35-16-6-8-18-37(35)38/h2-10,13-20,22-25,38,41,47H,11-12,21,26-30H2,1H3,(H,46,50)/t41-,44?/m0/s1. The van der Waals surface area contributed by atoms with Gasteiger partial charge in [-0.25, -0.2) is 4.79 Å². The third-order valence-corrected chi connectivity index (χ3v) is 11.6. The van der Waals surface area contributed by atoms with Gasteiger partial charge in [-0.05, 0) is 71.2 Å². The third-order valence-electron chi connectivity index (χ3n) is 10.3. The van der Waals surface area contributed by atoms with Gasteiger partial charge in [-0.1, -0.05) is 138 Å². The zero-order valence-corrected chi connectivity index (χ0v) is 31.0. The van der Waals surface area contributed by atoms with Crippen molar-refractivity contribution in [2.45, 2.75) is 43.7 Å². The molecule has 1 saturated heterocycles. The Morgan fingerprint density at radius 1 is 0.827 bits per heavy atom. The number of thioether (sulfide) groups is 1. The van der Waals surface area contributed by atoms with Crippen molar-refractivity contribution in [3.8, 4) is 11.1 Å². The monoisotopic (exact) mass is 729 g/mol. The normalized spacial score (nSPS) is 15.4. The van der Waals surface area contributed by atoms with E-state index in [-0.39, 0.29) is 18.4 Å². The Bertz CT molecular complexity index is 1950. The second-order valence-electron chi connectivity index (χ2n) is 13.5. The zero-order chi connectivity index (χ0) is 35.9. The van der Waals surface area contributed by atoms with Crippen molar-refractivity contribution >= 4 is 35.4 Å². The molecular formula is C44H44ClN3O3S. The summed E-state index contributed by atoms with van der Waals surface area (Å²) in [6, 6.07) is 42.8. The Hall–Kier alpha value is -4.56. The number of amides is 2. The van der Waals surface area contributed by atoms with E-state index in [9.17, 15) is 9.59 Å². The largest absolute Gasteiger partial charge is 0.449 e. The molecule has 5 aromatic carbocycles. The molecule has 2 amide bonds. The molecule has 1 aliphatic carbocycles. The number of halogens is 1. The van der Waals surface area contributed by atoms with Gasteiger partial charge in [0.15, 0.2) is 0 Å². The minimum Gasteiger partial charge on any atom is -0.449 e. The maximum atomic E-state index is 14.3. The fourth-order valence-corrected chi connectivity index (χ4v) is 8.85. The van der Waals surface area contributed by atoms with E-state index in [2.05, 4.69) is 78.2 Å². The number of ether oxygens (including phenoxy) is 1. The molecule has 2 aliphatic rings. The number of benzene rings is 5. The average molecular weight is 730 g/mol. The number of carbonyl (C=O) groups excluding carboxylic acids is 2. The van der Waals surface area contributed by atoms with E-state index >= 15 is 0 Å². The Morgan fingerprint density at radius 3 is 2.13 bits per heavy atom. The number of rotatable bonds is 13. The van der Waals surface area contributed by atoms with Crippen LogP contribution in [-0.4, -0.2) is 54.3 Å². The highest BCUT2D eigenvalue weighted by Crippen LogP contribution is 2.45. The number of alkyl carbamates (subject to hydrolysis) is 1. The summed E-state index contributed by atoms with van der Waals surface area (Å²) in [5, 5.41) is 7.50. The topological polar surface area (TPSA) is 70.7 Å². The molecule has 7 rings (SSSR count). The van der Waals surface area contributed by atoms with Crippen LogP contribution in [0.1, 0.15) is 58.6 Å². The Balaban J connectivity index is 1.06. The predicted octanol–water partition coefficient (Wildman–Crippen LogP) is 9.14. The summed E-state index contributed by atoms with van der Waals surface area (Å²) >= 11 is 8.81. The van der Waals surface area contributed by atoms with Crippen molar-refractivity contribution in [2.75, 3.05) is 31.3 Å².